The molecule has 0 spiro atoms. The predicted octanol–water partition coefficient (Wildman–Crippen LogP) is 6.58. The summed E-state index contributed by atoms with van der Waals surface area (Å²) in [5, 5.41) is 4.75. The monoisotopic (exact) mass is 608 g/mol. The lowest BCUT2D eigenvalue weighted by Crippen LogP contribution is -2.33. The molecule has 0 saturated carbocycles. The molecule has 5 rings (SSSR count). The summed E-state index contributed by atoms with van der Waals surface area (Å²) >= 11 is 1.25. The quantitative estimate of drug-likeness (QED) is 0.317. The summed E-state index contributed by atoms with van der Waals surface area (Å²) in [6.07, 6.45) is -2.66. The van der Waals surface area contributed by atoms with E-state index in [-0.39, 0.29) is 23.7 Å². The van der Waals surface area contributed by atoms with Crippen molar-refractivity contribution in [2.45, 2.75) is 45.5 Å². The third-order valence-electron chi connectivity index (χ3n) is 7.06. The van der Waals surface area contributed by atoms with Crippen LogP contribution < -0.4 is 20.7 Å². The number of hydrazine groups is 1. The van der Waals surface area contributed by atoms with Crippen LogP contribution in [0.15, 0.2) is 76.7 Å². The number of nitrogens with zero attached hydrogens (tertiary/aromatic N) is 4. The van der Waals surface area contributed by atoms with E-state index < -0.39 is 17.8 Å². The van der Waals surface area contributed by atoms with Crippen molar-refractivity contribution < 1.29 is 22.8 Å². The molecule has 2 N–H and O–H groups in total. The summed E-state index contributed by atoms with van der Waals surface area (Å²) in [6, 6.07) is 17.9. The Morgan fingerprint density at radius 3 is 2.51 bits per heavy atom. The van der Waals surface area contributed by atoms with Gasteiger partial charge in [-0.3, -0.25) is 14.7 Å². The molecule has 3 aromatic carbocycles. The van der Waals surface area contributed by atoms with Gasteiger partial charge in [0, 0.05) is 6.54 Å². The summed E-state index contributed by atoms with van der Waals surface area (Å²) < 4.78 is 38.5. The first-order valence-corrected chi connectivity index (χ1v) is 14.8. The van der Waals surface area contributed by atoms with Crippen molar-refractivity contribution in [2.24, 2.45) is 9.98 Å². The van der Waals surface area contributed by atoms with Crippen molar-refractivity contribution in [3.63, 3.8) is 0 Å². The second-order valence-electron chi connectivity index (χ2n) is 10.6. The molecule has 1 unspecified atom stereocenters. The Hall–Kier alpha value is -4.16. The van der Waals surface area contributed by atoms with Gasteiger partial charge in [-0.1, -0.05) is 67.6 Å². The molecule has 0 aromatic heterocycles. The molecule has 2 heterocycles. The number of hydrogen-bond donors (Lipinski definition) is 2. The number of aliphatic imine (C=N–C) groups is 2. The van der Waals surface area contributed by atoms with Gasteiger partial charge in [-0.15, -0.1) is 0 Å². The van der Waals surface area contributed by atoms with E-state index in [0.29, 0.717) is 23.8 Å². The topological polar surface area (TPSA) is 89.4 Å². The summed E-state index contributed by atoms with van der Waals surface area (Å²) in [7, 11) is 0. The van der Waals surface area contributed by atoms with Crippen molar-refractivity contribution in [1.29, 1.82) is 0 Å². The van der Waals surface area contributed by atoms with Gasteiger partial charge in [0.05, 0.1) is 22.7 Å². The highest BCUT2D eigenvalue weighted by molar-refractivity contribution is 8.15. The number of amides is 3. The number of carbonyl (C=O) groups is 2. The Bertz CT molecular complexity index is 1560. The minimum Gasteiger partial charge on any atom is -0.336 e. The van der Waals surface area contributed by atoms with Gasteiger partial charge < -0.3 is 5.32 Å². The number of thioether (sulfide) groups is 1. The summed E-state index contributed by atoms with van der Waals surface area (Å²) in [5.41, 5.74) is 7.74. The van der Waals surface area contributed by atoms with Crippen LogP contribution in [0.25, 0.3) is 0 Å². The minimum absolute atomic E-state index is 0.106. The molecular weight excluding hydrogens is 577 g/mol. The van der Waals surface area contributed by atoms with Crippen molar-refractivity contribution in [1.82, 2.24) is 10.7 Å². The third kappa shape index (κ3) is 7.08. The van der Waals surface area contributed by atoms with Crippen LogP contribution in [0.5, 0.6) is 0 Å². The first-order chi connectivity index (χ1) is 20.5. The smallest absolute Gasteiger partial charge is 0.336 e. The number of urea groups is 1. The molecule has 2 aliphatic rings. The second kappa shape index (κ2) is 12.6. The van der Waals surface area contributed by atoms with Crippen LogP contribution in [0.4, 0.5) is 29.3 Å². The van der Waals surface area contributed by atoms with E-state index >= 15 is 0 Å². The number of benzene rings is 3. The molecule has 3 amide bonds. The summed E-state index contributed by atoms with van der Waals surface area (Å²) in [6.45, 7) is 6.50. The molecular formula is C31H31F3N6O2S. The highest BCUT2D eigenvalue weighted by atomic mass is 32.2. The molecule has 0 aliphatic carbocycles. The van der Waals surface area contributed by atoms with E-state index in [1.54, 1.807) is 5.01 Å². The van der Waals surface area contributed by atoms with Crippen molar-refractivity contribution in [2.75, 3.05) is 22.2 Å². The molecule has 0 radical (unpaired) electrons. The van der Waals surface area contributed by atoms with Crippen LogP contribution in [0.3, 0.4) is 0 Å². The van der Waals surface area contributed by atoms with Gasteiger partial charge in [-0.25, -0.2) is 9.79 Å². The lowest BCUT2D eigenvalue weighted by molar-refractivity contribution is -0.137. The van der Waals surface area contributed by atoms with Gasteiger partial charge in [0.1, 0.15) is 12.5 Å². The van der Waals surface area contributed by atoms with Crippen molar-refractivity contribution in [3.05, 3.63) is 94.5 Å². The van der Waals surface area contributed by atoms with Crippen molar-refractivity contribution >= 4 is 46.6 Å². The van der Waals surface area contributed by atoms with Crippen LogP contribution in [0.2, 0.25) is 0 Å². The molecule has 224 valence electrons. The van der Waals surface area contributed by atoms with E-state index in [1.165, 1.54) is 35.1 Å². The molecule has 12 heteroatoms. The van der Waals surface area contributed by atoms with Crippen molar-refractivity contribution in [3.8, 4) is 0 Å². The lowest BCUT2D eigenvalue weighted by Gasteiger charge is -2.22. The van der Waals surface area contributed by atoms with Crippen LogP contribution in [0.1, 0.15) is 53.7 Å². The number of hydrogen-bond acceptors (Lipinski definition) is 6. The van der Waals surface area contributed by atoms with Crippen LogP contribution in [-0.2, 0) is 17.4 Å². The number of carbonyl (C=O) groups excluding carboxylic acids is 2. The van der Waals surface area contributed by atoms with Gasteiger partial charge in [-0.2, -0.15) is 23.6 Å². The molecule has 2 aliphatic heterocycles. The summed E-state index contributed by atoms with van der Waals surface area (Å²) in [5.74, 6) is 0.321. The average molecular weight is 609 g/mol. The molecule has 1 saturated heterocycles. The maximum atomic E-state index is 12.8. The zero-order valence-corrected chi connectivity index (χ0v) is 24.7. The standard InChI is InChI=1S/C31H31F3N6O2S/c1-19(2)25-16-20(3)4-13-26(25)40-27(41)17-43-30(40)37-29(42)35-15-14-21-5-7-22(8-6-21)28-36-18-39(38-28)24-11-9-23(10-12-24)31(32,33)34/h4-13,16,18-19,28,38H,14-15,17H2,1-3H3,(H,35,42)/b37-30-. The van der Waals surface area contributed by atoms with E-state index in [9.17, 15) is 22.8 Å². The minimum atomic E-state index is -4.39. The zero-order chi connectivity index (χ0) is 30.7. The average Bonchev–Trinajstić information content (AvgIpc) is 3.60. The largest absolute Gasteiger partial charge is 0.416 e. The maximum Gasteiger partial charge on any atom is 0.416 e. The molecule has 1 atom stereocenters. The SMILES string of the molecule is Cc1ccc(N2C(=O)CS/C2=N\C(=O)NCCc2ccc(C3N=CN(c4ccc(C(F)(F)F)cc4)N3)cc2)c(C(C)C)c1. The van der Waals surface area contributed by atoms with Crippen LogP contribution >= 0.6 is 11.8 Å². The number of anilines is 2. The number of halogens is 3. The fourth-order valence-electron chi connectivity index (χ4n) is 4.77. The van der Waals surface area contributed by atoms with Gasteiger partial charge in [0.15, 0.2) is 5.17 Å². The number of nitrogens with one attached hydrogen (secondary N) is 2. The number of amidine groups is 1. The van der Waals surface area contributed by atoms with E-state index in [1.807, 2.05) is 43.3 Å². The van der Waals surface area contributed by atoms with E-state index in [0.717, 1.165) is 40.1 Å². The maximum absolute atomic E-state index is 12.8. The highest BCUT2D eigenvalue weighted by Crippen LogP contribution is 2.34. The fraction of sp³-hybridized carbons (Fsp3) is 0.290. The molecule has 43 heavy (non-hydrogen) atoms. The first kappa shape index (κ1) is 30.3. The number of rotatable bonds is 7. The van der Waals surface area contributed by atoms with Crippen LogP contribution in [0, 0.1) is 6.92 Å². The predicted molar refractivity (Wildman–Crippen MR) is 164 cm³/mol. The molecule has 1 fully saturated rings. The fourth-order valence-corrected chi connectivity index (χ4v) is 5.63. The van der Waals surface area contributed by atoms with Gasteiger partial charge in [0.25, 0.3) is 0 Å². The second-order valence-corrected chi connectivity index (χ2v) is 11.5. The summed E-state index contributed by atoms with van der Waals surface area (Å²) in [4.78, 5) is 35.5. The Balaban J connectivity index is 1.14. The zero-order valence-electron chi connectivity index (χ0n) is 23.9. The Morgan fingerprint density at radius 2 is 1.84 bits per heavy atom. The molecule has 0 bridgehead atoms. The lowest BCUT2D eigenvalue weighted by atomic mass is 9.98. The Morgan fingerprint density at radius 1 is 1.12 bits per heavy atom. The van der Waals surface area contributed by atoms with Gasteiger partial charge in [0.2, 0.25) is 5.91 Å². The van der Waals surface area contributed by atoms with E-state index in [2.05, 4.69) is 40.6 Å². The first-order valence-electron chi connectivity index (χ1n) is 13.8. The van der Waals surface area contributed by atoms with Gasteiger partial charge >= 0.3 is 12.2 Å². The third-order valence-corrected chi connectivity index (χ3v) is 7.98. The molecule has 3 aromatic rings. The highest BCUT2D eigenvalue weighted by Gasteiger charge is 2.33. The van der Waals surface area contributed by atoms with Crippen LogP contribution in [-0.4, -0.2) is 35.7 Å². The normalized spacial score (nSPS) is 17.9. The van der Waals surface area contributed by atoms with Gasteiger partial charge in [-0.05, 0) is 66.3 Å². The Labute approximate surface area is 252 Å². The Kier molecular flexibility index (Phi) is 8.88. The molecule has 8 nitrogen and oxygen atoms in total. The number of aryl methyl sites for hydroxylation is 1. The number of alkyl halides is 3. The van der Waals surface area contributed by atoms with E-state index in [4.69, 9.17) is 0 Å².